The summed E-state index contributed by atoms with van der Waals surface area (Å²) in [7, 11) is 0. The maximum absolute atomic E-state index is 12.6. The van der Waals surface area contributed by atoms with Crippen molar-refractivity contribution in [2.45, 2.75) is 51.4 Å². The molecule has 5 nitrogen and oxygen atoms in total. The fourth-order valence-electron chi connectivity index (χ4n) is 2.03. The Hall–Kier alpha value is -2.25. The lowest BCUT2D eigenvalue weighted by Gasteiger charge is -2.14. The van der Waals surface area contributed by atoms with E-state index in [2.05, 4.69) is 5.32 Å². The van der Waals surface area contributed by atoms with Gasteiger partial charge in [0.25, 0.3) is 0 Å². The standard InChI is InChI=1S/C16H20F3NO4/c1-2-3-4-8-13(14(21)22)20-15(23)24-10-11-6-5-7-12(9-11)16(17,18)19/h5-7,9,13H,2-4,8,10H2,1H3,(H,20,23)(H,21,22)/t13-/m0/s1. The van der Waals surface area contributed by atoms with Crippen LogP contribution in [-0.2, 0) is 22.3 Å². The van der Waals surface area contributed by atoms with Crippen molar-refractivity contribution in [3.63, 3.8) is 0 Å². The maximum atomic E-state index is 12.6. The minimum Gasteiger partial charge on any atom is -0.480 e. The first kappa shape index (κ1) is 19.8. The fourth-order valence-corrected chi connectivity index (χ4v) is 2.03. The molecule has 0 aliphatic heterocycles. The highest BCUT2D eigenvalue weighted by molar-refractivity contribution is 5.79. The van der Waals surface area contributed by atoms with Crippen molar-refractivity contribution >= 4 is 12.1 Å². The first-order valence-electron chi connectivity index (χ1n) is 7.56. The number of unbranched alkanes of at least 4 members (excludes halogenated alkanes) is 2. The van der Waals surface area contributed by atoms with Gasteiger partial charge in [-0.1, -0.05) is 38.3 Å². The predicted octanol–water partition coefficient (Wildman–Crippen LogP) is 3.97. The van der Waals surface area contributed by atoms with E-state index in [4.69, 9.17) is 9.84 Å². The fraction of sp³-hybridized carbons (Fsp3) is 0.500. The number of nitrogens with one attached hydrogen (secondary N) is 1. The number of hydrogen-bond donors (Lipinski definition) is 2. The monoisotopic (exact) mass is 347 g/mol. The van der Waals surface area contributed by atoms with Crippen LogP contribution in [0.15, 0.2) is 24.3 Å². The summed E-state index contributed by atoms with van der Waals surface area (Å²) in [4.78, 5) is 22.7. The summed E-state index contributed by atoms with van der Waals surface area (Å²) in [6.07, 6.45) is -2.80. The normalized spacial score (nSPS) is 12.5. The molecule has 0 fully saturated rings. The van der Waals surface area contributed by atoms with Crippen molar-refractivity contribution < 1.29 is 32.6 Å². The van der Waals surface area contributed by atoms with Crippen molar-refractivity contribution in [1.29, 1.82) is 0 Å². The molecule has 24 heavy (non-hydrogen) atoms. The zero-order chi connectivity index (χ0) is 18.2. The SMILES string of the molecule is CCCCC[C@H](NC(=O)OCc1cccc(C(F)(F)F)c1)C(=O)O. The zero-order valence-electron chi connectivity index (χ0n) is 13.2. The van der Waals surface area contributed by atoms with Gasteiger partial charge in [-0.25, -0.2) is 9.59 Å². The summed E-state index contributed by atoms with van der Waals surface area (Å²) >= 11 is 0. The molecule has 0 aromatic heterocycles. The highest BCUT2D eigenvalue weighted by Crippen LogP contribution is 2.29. The molecule has 1 aromatic rings. The van der Waals surface area contributed by atoms with Gasteiger partial charge < -0.3 is 15.2 Å². The van der Waals surface area contributed by atoms with E-state index in [9.17, 15) is 22.8 Å². The van der Waals surface area contributed by atoms with Gasteiger partial charge in [-0.2, -0.15) is 13.2 Å². The Morgan fingerprint density at radius 3 is 2.58 bits per heavy atom. The van der Waals surface area contributed by atoms with Crippen molar-refractivity contribution in [1.82, 2.24) is 5.32 Å². The molecule has 0 saturated heterocycles. The molecule has 0 spiro atoms. The number of carbonyl (C=O) groups is 2. The number of halogens is 3. The molecular weight excluding hydrogens is 327 g/mol. The largest absolute Gasteiger partial charge is 0.480 e. The Bertz CT molecular complexity index is 560. The van der Waals surface area contributed by atoms with Crippen LogP contribution in [0.1, 0.15) is 43.7 Å². The molecule has 0 bridgehead atoms. The highest BCUT2D eigenvalue weighted by atomic mass is 19.4. The summed E-state index contributed by atoms with van der Waals surface area (Å²) in [6, 6.07) is 3.31. The predicted molar refractivity (Wildman–Crippen MR) is 80.3 cm³/mol. The minimum absolute atomic E-state index is 0.165. The van der Waals surface area contributed by atoms with Gasteiger partial charge in [0, 0.05) is 0 Å². The van der Waals surface area contributed by atoms with Crippen molar-refractivity contribution in [2.75, 3.05) is 0 Å². The third-order valence-corrected chi connectivity index (χ3v) is 3.31. The van der Waals surface area contributed by atoms with Crippen LogP contribution in [0.2, 0.25) is 0 Å². The molecule has 2 N–H and O–H groups in total. The zero-order valence-corrected chi connectivity index (χ0v) is 13.2. The summed E-state index contributed by atoms with van der Waals surface area (Å²) in [5.74, 6) is -1.18. The van der Waals surface area contributed by atoms with Crippen LogP contribution in [0.4, 0.5) is 18.0 Å². The molecule has 8 heteroatoms. The number of alkyl halides is 3. The van der Waals surface area contributed by atoms with E-state index < -0.39 is 29.8 Å². The number of carboxylic acids is 1. The molecule has 0 heterocycles. The van der Waals surface area contributed by atoms with Crippen LogP contribution in [0.3, 0.4) is 0 Å². The van der Waals surface area contributed by atoms with Gasteiger partial charge >= 0.3 is 18.2 Å². The second-order valence-corrected chi connectivity index (χ2v) is 5.31. The maximum Gasteiger partial charge on any atom is 0.416 e. The third-order valence-electron chi connectivity index (χ3n) is 3.31. The Balaban J connectivity index is 2.54. The van der Waals surface area contributed by atoms with E-state index >= 15 is 0 Å². The van der Waals surface area contributed by atoms with E-state index in [1.54, 1.807) is 0 Å². The van der Waals surface area contributed by atoms with Crippen LogP contribution in [0, 0.1) is 0 Å². The number of alkyl carbamates (subject to hydrolysis) is 1. The molecule has 1 rings (SSSR count). The van der Waals surface area contributed by atoms with Gasteiger partial charge in [-0.15, -0.1) is 0 Å². The van der Waals surface area contributed by atoms with E-state index in [1.165, 1.54) is 12.1 Å². The summed E-state index contributed by atoms with van der Waals surface area (Å²) in [5.41, 5.74) is -0.676. The molecule has 0 aliphatic carbocycles. The summed E-state index contributed by atoms with van der Waals surface area (Å²) in [5, 5.41) is 11.2. The molecule has 1 amide bonds. The lowest BCUT2D eigenvalue weighted by Crippen LogP contribution is -2.40. The minimum atomic E-state index is -4.48. The molecule has 1 aromatic carbocycles. The number of hydrogen-bond acceptors (Lipinski definition) is 3. The number of carbonyl (C=O) groups excluding carboxylic acids is 1. The molecule has 0 unspecified atom stereocenters. The Kier molecular flexibility index (Phi) is 7.54. The first-order valence-corrected chi connectivity index (χ1v) is 7.56. The Morgan fingerprint density at radius 1 is 1.29 bits per heavy atom. The molecule has 134 valence electrons. The second kappa shape index (κ2) is 9.14. The Morgan fingerprint density at radius 2 is 2.00 bits per heavy atom. The first-order chi connectivity index (χ1) is 11.2. The van der Waals surface area contributed by atoms with Crippen molar-refractivity contribution in [2.24, 2.45) is 0 Å². The molecule has 0 aliphatic rings. The number of carboxylic acid groups (broad SMARTS) is 1. The average molecular weight is 347 g/mol. The lowest BCUT2D eigenvalue weighted by molar-refractivity contribution is -0.140. The quantitative estimate of drug-likeness (QED) is 0.698. The van der Waals surface area contributed by atoms with Gasteiger partial charge in [0.1, 0.15) is 12.6 Å². The van der Waals surface area contributed by atoms with Crippen molar-refractivity contribution in [3.05, 3.63) is 35.4 Å². The summed E-state index contributed by atoms with van der Waals surface area (Å²) in [6.45, 7) is 1.59. The Labute approximate surface area is 137 Å². The van der Waals surface area contributed by atoms with Gasteiger partial charge in [0.2, 0.25) is 0 Å². The average Bonchev–Trinajstić information content (AvgIpc) is 2.51. The van der Waals surface area contributed by atoms with E-state index in [0.717, 1.165) is 25.0 Å². The number of rotatable bonds is 8. The van der Waals surface area contributed by atoms with Crippen LogP contribution in [-0.4, -0.2) is 23.2 Å². The van der Waals surface area contributed by atoms with Crippen molar-refractivity contribution in [3.8, 4) is 0 Å². The van der Waals surface area contributed by atoms with Gasteiger partial charge in [-0.3, -0.25) is 0 Å². The number of benzene rings is 1. The topological polar surface area (TPSA) is 75.6 Å². The summed E-state index contributed by atoms with van der Waals surface area (Å²) < 4.78 is 42.6. The van der Waals surface area contributed by atoms with E-state index in [0.29, 0.717) is 6.42 Å². The number of ether oxygens (including phenoxy) is 1. The van der Waals surface area contributed by atoms with Gasteiger partial charge in [0.05, 0.1) is 5.56 Å². The third kappa shape index (κ3) is 6.89. The number of aliphatic carboxylic acids is 1. The molecular formula is C16H20F3NO4. The lowest BCUT2D eigenvalue weighted by atomic mass is 10.1. The van der Waals surface area contributed by atoms with Gasteiger partial charge in [0.15, 0.2) is 0 Å². The molecule has 0 radical (unpaired) electrons. The van der Waals surface area contributed by atoms with Crippen LogP contribution in [0.5, 0.6) is 0 Å². The highest BCUT2D eigenvalue weighted by Gasteiger charge is 2.30. The smallest absolute Gasteiger partial charge is 0.416 e. The van der Waals surface area contributed by atoms with Gasteiger partial charge in [-0.05, 0) is 24.1 Å². The molecule has 0 saturated carbocycles. The van der Waals surface area contributed by atoms with E-state index in [-0.39, 0.29) is 18.6 Å². The van der Waals surface area contributed by atoms with E-state index in [1.807, 2.05) is 6.92 Å². The number of amides is 1. The molecule has 1 atom stereocenters. The van der Waals surface area contributed by atoms with Crippen LogP contribution < -0.4 is 5.32 Å². The van der Waals surface area contributed by atoms with Crippen LogP contribution >= 0.6 is 0 Å². The van der Waals surface area contributed by atoms with Crippen LogP contribution in [0.25, 0.3) is 0 Å². The second-order valence-electron chi connectivity index (χ2n) is 5.31.